The van der Waals surface area contributed by atoms with Crippen LogP contribution in [-0.2, 0) is 4.79 Å². The zero-order valence-electron chi connectivity index (χ0n) is 8.31. The Morgan fingerprint density at radius 1 is 1.17 bits per heavy atom. The van der Waals surface area contributed by atoms with Crippen LogP contribution in [0.15, 0.2) is 12.2 Å². The van der Waals surface area contributed by atoms with Crippen molar-refractivity contribution in [3.8, 4) is 0 Å². The highest BCUT2D eigenvalue weighted by molar-refractivity contribution is 5.79. The average molecular weight is 168 g/mol. The molecule has 0 saturated carbocycles. The van der Waals surface area contributed by atoms with Gasteiger partial charge in [0.1, 0.15) is 5.78 Å². The third-order valence-electron chi connectivity index (χ3n) is 1.81. The third kappa shape index (κ3) is 7.52. The van der Waals surface area contributed by atoms with Gasteiger partial charge in [0, 0.05) is 12.8 Å². The summed E-state index contributed by atoms with van der Waals surface area (Å²) in [5.74, 6) is 0.383. The second kappa shape index (κ2) is 8.51. The summed E-state index contributed by atoms with van der Waals surface area (Å²) in [4.78, 5) is 11.1. The Hall–Kier alpha value is -0.590. The van der Waals surface area contributed by atoms with Gasteiger partial charge in [-0.15, -0.1) is 0 Å². The molecule has 0 N–H and O–H groups in total. The molecule has 12 heavy (non-hydrogen) atoms. The number of hydrogen-bond donors (Lipinski definition) is 0. The van der Waals surface area contributed by atoms with E-state index in [9.17, 15) is 4.79 Å². The van der Waals surface area contributed by atoms with Crippen LogP contribution in [0, 0.1) is 0 Å². The summed E-state index contributed by atoms with van der Waals surface area (Å²) in [6, 6.07) is 0. The highest BCUT2D eigenvalue weighted by atomic mass is 16.1. The van der Waals surface area contributed by atoms with E-state index in [1.165, 1.54) is 12.8 Å². The van der Waals surface area contributed by atoms with Gasteiger partial charge in [-0.05, 0) is 12.8 Å². The van der Waals surface area contributed by atoms with E-state index in [4.69, 9.17) is 0 Å². The van der Waals surface area contributed by atoms with E-state index >= 15 is 0 Å². The lowest BCUT2D eigenvalue weighted by atomic mass is 10.1. The predicted molar refractivity (Wildman–Crippen MR) is 53.2 cm³/mol. The Balaban J connectivity index is 3.27. The van der Waals surface area contributed by atoms with E-state index < -0.39 is 0 Å². The van der Waals surface area contributed by atoms with Gasteiger partial charge in [0.2, 0.25) is 0 Å². The van der Waals surface area contributed by atoms with Gasteiger partial charge in [0.25, 0.3) is 0 Å². The van der Waals surface area contributed by atoms with Crippen LogP contribution in [0.5, 0.6) is 0 Å². The summed E-state index contributed by atoms with van der Waals surface area (Å²) >= 11 is 0. The first-order valence-corrected chi connectivity index (χ1v) is 4.98. The van der Waals surface area contributed by atoms with Crippen LogP contribution >= 0.6 is 0 Å². The molecule has 0 rings (SSSR count). The van der Waals surface area contributed by atoms with E-state index in [0.717, 1.165) is 19.3 Å². The Labute approximate surface area is 75.9 Å². The minimum Gasteiger partial charge on any atom is -0.299 e. The van der Waals surface area contributed by atoms with Crippen molar-refractivity contribution in [1.29, 1.82) is 0 Å². The Bertz CT molecular complexity index is 136. The van der Waals surface area contributed by atoms with Crippen LogP contribution in [0.1, 0.15) is 52.4 Å². The summed E-state index contributed by atoms with van der Waals surface area (Å²) in [5.41, 5.74) is 0. The van der Waals surface area contributed by atoms with Crippen molar-refractivity contribution in [2.24, 2.45) is 0 Å². The van der Waals surface area contributed by atoms with Gasteiger partial charge >= 0.3 is 0 Å². The maximum absolute atomic E-state index is 11.1. The van der Waals surface area contributed by atoms with Crippen molar-refractivity contribution >= 4 is 5.78 Å². The first-order valence-electron chi connectivity index (χ1n) is 4.98. The molecule has 0 aromatic carbocycles. The monoisotopic (exact) mass is 168 g/mol. The molecule has 0 aromatic heterocycles. The highest BCUT2D eigenvalue weighted by Gasteiger charge is 1.97. The van der Waals surface area contributed by atoms with Gasteiger partial charge in [-0.25, -0.2) is 0 Å². The first kappa shape index (κ1) is 11.4. The number of carbonyl (C=O) groups is 1. The van der Waals surface area contributed by atoms with Crippen molar-refractivity contribution in [1.82, 2.24) is 0 Å². The van der Waals surface area contributed by atoms with Crippen molar-refractivity contribution in [2.45, 2.75) is 52.4 Å². The molecule has 70 valence electrons. The Morgan fingerprint density at radius 3 is 2.50 bits per heavy atom. The fourth-order valence-electron chi connectivity index (χ4n) is 1.06. The molecule has 0 fully saturated rings. The number of allylic oxidation sites excluding steroid dienone is 2. The SMILES string of the molecule is CCC=CCC(=O)CCCCC. The standard InChI is InChI=1S/C11H20O/c1-3-5-7-9-11(12)10-8-6-4-2/h5,7H,3-4,6,8-10H2,1-2H3. The van der Waals surface area contributed by atoms with Gasteiger partial charge in [-0.3, -0.25) is 4.79 Å². The lowest BCUT2D eigenvalue weighted by Crippen LogP contribution is -1.94. The predicted octanol–water partition coefficient (Wildman–Crippen LogP) is 3.49. The number of unbranched alkanes of at least 4 members (excludes halogenated alkanes) is 2. The van der Waals surface area contributed by atoms with Crippen LogP contribution in [0.2, 0.25) is 0 Å². The quantitative estimate of drug-likeness (QED) is 0.420. The lowest BCUT2D eigenvalue weighted by Gasteiger charge is -1.95. The van der Waals surface area contributed by atoms with Crippen LogP contribution in [0.25, 0.3) is 0 Å². The first-order chi connectivity index (χ1) is 5.81. The normalized spacial score (nSPS) is 10.8. The number of rotatable bonds is 7. The maximum atomic E-state index is 11.1. The minimum absolute atomic E-state index is 0.383. The van der Waals surface area contributed by atoms with Crippen molar-refractivity contribution in [2.75, 3.05) is 0 Å². The van der Waals surface area contributed by atoms with Crippen molar-refractivity contribution in [3.63, 3.8) is 0 Å². The summed E-state index contributed by atoms with van der Waals surface area (Å²) in [7, 11) is 0. The zero-order valence-corrected chi connectivity index (χ0v) is 8.31. The molecule has 0 bridgehead atoms. The fourth-order valence-corrected chi connectivity index (χ4v) is 1.06. The van der Waals surface area contributed by atoms with Crippen LogP contribution in [-0.4, -0.2) is 5.78 Å². The Kier molecular flexibility index (Phi) is 8.09. The molecule has 0 amide bonds. The van der Waals surface area contributed by atoms with Gasteiger partial charge in [-0.1, -0.05) is 38.8 Å². The molecule has 0 spiro atoms. The molecule has 0 unspecified atom stereocenters. The van der Waals surface area contributed by atoms with E-state index in [-0.39, 0.29) is 0 Å². The highest BCUT2D eigenvalue weighted by Crippen LogP contribution is 2.02. The van der Waals surface area contributed by atoms with E-state index in [1.54, 1.807) is 0 Å². The molecule has 0 heterocycles. The molecule has 1 heteroatoms. The molecule has 0 radical (unpaired) electrons. The molecular weight excluding hydrogens is 148 g/mol. The van der Waals surface area contributed by atoms with Crippen LogP contribution in [0.3, 0.4) is 0 Å². The molecule has 0 aliphatic heterocycles. The number of Topliss-reactive ketones (excluding diaryl/α,β-unsaturated/α-hetero) is 1. The zero-order chi connectivity index (χ0) is 9.23. The second-order valence-electron chi connectivity index (χ2n) is 3.08. The largest absolute Gasteiger partial charge is 0.299 e. The second-order valence-corrected chi connectivity index (χ2v) is 3.08. The number of carbonyl (C=O) groups excluding carboxylic acids is 1. The molecular formula is C11H20O. The molecule has 0 aromatic rings. The number of ketones is 1. The fraction of sp³-hybridized carbons (Fsp3) is 0.727. The Morgan fingerprint density at radius 2 is 1.92 bits per heavy atom. The lowest BCUT2D eigenvalue weighted by molar-refractivity contribution is -0.118. The van der Waals surface area contributed by atoms with Crippen LogP contribution in [0.4, 0.5) is 0 Å². The molecule has 0 aliphatic rings. The van der Waals surface area contributed by atoms with Crippen molar-refractivity contribution < 1.29 is 4.79 Å². The van der Waals surface area contributed by atoms with Gasteiger partial charge in [0.15, 0.2) is 0 Å². The van der Waals surface area contributed by atoms with E-state index in [0.29, 0.717) is 12.2 Å². The summed E-state index contributed by atoms with van der Waals surface area (Å²) in [6.07, 6.45) is 9.91. The molecule has 0 atom stereocenters. The summed E-state index contributed by atoms with van der Waals surface area (Å²) in [6.45, 7) is 4.24. The average Bonchev–Trinajstić information content (AvgIpc) is 2.06. The van der Waals surface area contributed by atoms with Crippen molar-refractivity contribution in [3.05, 3.63) is 12.2 Å². The van der Waals surface area contributed by atoms with E-state index in [2.05, 4.69) is 19.9 Å². The molecule has 0 saturated heterocycles. The van der Waals surface area contributed by atoms with E-state index in [1.807, 2.05) is 6.08 Å². The molecule has 0 aliphatic carbocycles. The topological polar surface area (TPSA) is 17.1 Å². The van der Waals surface area contributed by atoms with Gasteiger partial charge in [0.05, 0.1) is 0 Å². The molecule has 1 nitrogen and oxygen atoms in total. The maximum Gasteiger partial charge on any atom is 0.136 e. The smallest absolute Gasteiger partial charge is 0.136 e. The number of hydrogen-bond acceptors (Lipinski definition) is 1. The summed E-state index contributed by atoms with van der Waals surface area (Å²) < 4.78 is 0. The van der Waals surface area contributed by atoms with Gasteiger partial charge < -0.3 is 0 Å². The van der Waals surface area contributed by atoms with Crippen LogP contribution < -0.4 is 0 Å². The minimum atomic E-state index is 0.383. The summed E-state index contributed by atoms with van der Waals surface area (Å²) in [5, 5.41) is 0. The van der Waals surface area contributed by atoms with Gasteiger partial charge in [-0.2, -0.15) is 0 Å². The third-order valence-corrected chi connectivity index (χ3v) is 1.81.